The summed E-state index contributed by atoms with van der Waals surface area (Å²) >= 11 is 0. The van der Waals surface area contributed by atoms with Crippen molar-refractivity contribution >= 4 is 17.3 Å². The highest BCUT2D eigenvalue weighted by Crippen LogP contribution is 2.39. The van der Waals surface area contributed by atoms with Gasteiger partial charge in [0.05, 0.1) is 5.92 Å². The zero-order chi connectivity index (χ0) is 22.0. The first kappa shape index (κ1) is 21.5. The Morgan fingerprint density at radius 3 is 2.71 bits per heavy atom. The number of carbonyl (C=O) groups excluding carboxylic acids is 1. The molecule has 1 aromatic carbocycles. The lowest BCUT2D eigenvalue weighted by Gasteiger charge is -2.30. The Labute approximate surface area is 184 Å². The van der Waals surface area contributed by atoms with E-state index in [1.54, 1.807) is 6.08 Å². The van der Waals surface area contributed by atoms with Gasteiger partial charge < -0.3 is 10.4 Å². The Kier molecular flexibility index (Phi) is 6.39. The fourth-order valence-corrected chi connectivity index (χ4v) is 4.30. The molecule has 1 saturated carbocycles. The number of nitrogens with one attached hydrogen (secondary N) is 2. The normalized spacial score (nSPS) is 19.0. The number of nitrogens with zero attached hydrogens (tertiary/aromatic N) is 2. The van der Waals surface area contributed by atoms with Crippen molar-refractivity contribution in [1.29, 1.82) is 0 Å². The number of amides is 1. The molecule has 2 aliphatic rings. The number of rotatable bonds is 8. The van der Waals surface area contributed by atoms with E-state index >= 15 is 0 Å². The van der Waals surface area contributed by atoms with Crippen LogP contribution in [0.4, 0.5) is 5.82 Å². The molecule has 6 heteroatoms. The molecule has 0 saturated heterocycles. The topological polar surface area (TPSA) is 81.2 Å². The zero-order valence-corrected chi connectivity index (χ0v) is 18.3. The predicted molar refractivity (Wildman–Crippen MR) is 124 cm³/mol. The number of hydrogen-bond acceptors (Lipinski definition) is 4. The molecule has 1 aliphatic carbocycles. The molecule has 2 aromatic rings. The number of anilines is 1. The molecule has 1 aromatic heterocycles. The van der Waals surface area contributed by atoms with Crippen molar-refractivity contribution in [2.24, 2.45) is 5.92 Å². The number of H-pyrrole nitrogens is 1. The summed E-state index contributed by atoms with van der Waals surface area (Å²) in [5.41, 5.74) is 4.41. The monoisotopic (exact) mass is 420 g/mol. The fourth-order valence-electron chi connectivity index (χ4n) is 4.30. The maximum Gasteiger partial charge on any atom is 0.233 e. The second-order valence-electron chi connectivity index (χ2n) is 8.95. The lowest BCUT2D eigenvalue weighted by Crippen LogP contribution is -2.37. The van der Waals surface area contributed by atoms with E-state index in [1.165, 1.54) is 18.4 Å². The standard InChI is InChI=1S/C25H32N4O2/c1-4-23(30)29-13-5-6-20(15-29)17-7-11-19(12-8-17)24(16(2)3)25(31)26-22-14-21(27-28-22)18-9-10-18/h4,6-8,11-12,14,16,18,23-24,30H,1,5,9-10,13,15H2,2-3H3,(H2,26,27,28,31). The van der Waals surface area contributed by atoms with Crippen molar-refractivity contribution in [3.8, 4) is 0 Å². The summed E-state index contributed by atoms with van der Waals surface area (Å²) in [4.78, 5) is 15.1. The smallest absolute Gasteiger partial charge is 0.233 e. The molecular weight excluding hydrogens is 388 g/mol. The maximum absolute atomic E-state index is 13.1. The van der Waals surface area contributed by atoms with Gasteiger partial charge in [0.1, 0.15) is 6.23 Å². The van der Waals surface area contributed by atoms with E-state index in [-0.39, 0.29) is 17.7 Å². The lowest BCUT2D eigenvalue weighted by molar-refractivity contribution is -0.118. The molecular formula is C25H32N4O2. The third-order valence-corrected chi connectivity index (χ3v) is 6.22. The van der Waals surface area contributed by atoms with Gasteiger partial charge in [0.25, 0.3) is 0 Å². The van der Waals surface area contributed by atoms with E-state index in [4.69, 9.17) is 0 Å². The maximum atomic E-state index is 13.1. The molecule has 2 heterocycles. The third kappa shape index (κ3) is 4.97. The second-order valence-corrected chi connectivity index (χ2v) is 8.95. The first-order chi connectivity index (χ1) is 15.0. The van der Waals surface area contributed by atoms with Gasteiger partial charge in [-0.05, 0) is 48.0 Å². The van der Waals surface area contributed by atoms with Gasteiger partial charge in [0.15, 0.2) is 5.82 Å². The summed E-state index contributed by atoms with van der Waals surface area (Å²) in [7, 11) is 0. The minimum Gasteiger partial charge on any atom is -0.375 e. The number of aromatic nitrogens is 2. The van der Waals surface area contributed by atoms with Crippen molar-refractivity contribution in [2.75, 3.05) is 18.4 Å². The Bertz CT molecular complexity index is 956. The highest BCUT2D eigenvalue weighted by atomic mass is 16.3. The Morgan fingerprint density at radius 1 is 1.32 bits per heavy atom. The first-order valence-electron chi connectivity index (χ1n) is 11.2. The van der Waals surface area contributed by atoms with Crippen LogP contribution in [-0.4, -0.2) is 45.4 Å². The van der Waals surface area contributed by atoms with Crippen LogP contribution in [0, 0.1) is 5.92 Å². The molecule has 0 bridgehead atoms. The molecule has 0 radical (unpaired) electrons. The average molecular weight is 421 g/mol. The highest BCUT2D eigenvalue weighted by molar-refractivity contribution is 5.95. The summed E-state index contributed by atoms with van der Waals surface area (Å²) < 4.78 is 0. The van der Waals surface area contributed by atoms with E-state index in [1.807, 2.05) is 23.1 Å². The lowest BCUT2D eigenvalue weighted by atomic mass is 9.86. The molecule has 1 amide bonds. The predicted octanol–water partition coefficient (Wildman–Crippen LogP) is 4.26. The summed E-state index contributed by atoms with van der Waals surface area (Å²) in [6.07, 6.45) is 6.44. The van der Waals surface area contributed by atoms with Crippen LogP contribution in [-0.2, 0) is 4.79 Å². The molecule has 1 aliphatic heterocycles. The van der Waals surface area contributed by atoms with E-state index in [2.05, 4.69) is 54.1 Å². The summed E-state index contributed by atoms with van der Waals surface area (Å²) in [6, 6.07) is 10.2. The van der Waals surface area contributed by atoms with Gasteiger partial charge in [-0.15, -0.1) is 0 Å². The van der Waals surface area contributed by atoms with E-state index in [0.717, 1.165) is 29.8 Å². The molecule has 0 spiro atoms. The van der Waals surface area contributed by atoms with Crippen molar-refractivity contribution in [3.63, 3.8) is 0 Å². The largest absolute Gasteiger partial charge is 0.375 e. The highest BCUT2D eigenvalue weighted by Gasteiger charge is 2.28. The number of benzene rings is 1. The van der Waals surface area contributed by atoms with Crippen LogP contribution < -0.4 is 5.32 Å². The van der Waals surface area contributed by atoms with Gasteiger partial charge in [-0.25, -0.2) is 0 Å². The van der Waals surface area contributed by atoms with Crippen LogP contribution in [0.3, 0.4) is 0 Å². The number of aliphatic hydroxyl groups is 1. The van der Waals surface area contributed by atoms with Crippen molar-refractivity contribution in [2.45, 2.75) is 51.2 Å². The van der Waals surface area contributed by atoms with Crippen LogP contribution in [0.1, 0.15) is 61.8 Å². The number of aromatic amines is 1. The molecule has 3 N–H and O–H groups in total. The van der Waals surface area contributed by atoms with Gasteiger partial charge in [-0.3, -0.25) is 14.8 Å². The molecule has 2 unspecified atom stereocenters. The zero-order valence-electron chi connectivity index (χ0n) is 18.3. The van der Waals surface area contributed by atoms with Gasteiger partial charge in [0, 0.05) is 30.8 Å². The van der Waals surface area contributed by atoms with Crippen LogP contribution in [0.15, 0.2) is 49.1 Å². The van der Waals surface area contributed by atoms with E-state index < -0.39 is 6.23 Å². The van der Waals surface area contributed by atoms with Crippen LogP contribution in [0.5, 0.6) is 0 Å². The van der Waals surface area contributed by atoms with Crippen LogP contribution in [0.2, 0.25) is 0 Å². The SMILES string of the molecule is C=CC(O)N1CCC=C(c2ccc(C(C(=O)Nc3cc(C4CC4)[nH]n3)C(C)C)cc2)C1. The molecule has 31 heavy (non-hydrogen) atoms. The fraction of sp³-hybridized carbons (Fsp3) is 0.440. The Morgan fingerprint density at radius 2 is 2.06 bits per heavy atom. The summed E-state index contributed by atoms with van der Waals surface area (Å²) in [5, 5.41) is 20.4. The first-order valence-corrected chi connectivity index (χ1v) is 11.2. The number of hydrogen-bond donors (Lipinski definition) is 3. The number of aliphatic hydroxyl groups excluding tert-OH is 1. The van der Waals surface area contributed by atoms with Crippen molar-refractivity contribution in [3.05, 3.63) is 65.9 Å². The molecule has 6 nitrogen and oxygen atoms in total. The van der Waals surface area contributed by atoms with Crippen molar-refractivity contribution in [1.82, 2.24) is 15.1 Å². The number of carbonyl (C=O) groups is 1. The van der Waals surface area contributed by atoms with Gasteiger partial charge in [-0.1, -0.05) is 50.8 Å². The minimum atomic E-state index is -0.625. The third-order valence-electron chi connectivity index (χ3n) is 6.22. The average Bonchev–Trinajstić information content (AvgIpc) is 3.53. The van der Waals surface area contributed by atoms with Crippen LogP contribution in [0.25, 0.3) is 5.57 Å². The Hall–Kier alpha value is -2.70. The summed E-state index contributed by atoms with van der Waals surface area (Å²) in [6.45, 7) is 9.32. The quantitative estimate of drug-likeness (QED) is 0.558. The van der Waals surface area contributed by atoms with Gasteiger partial charge in [-0.2, -0.15) is 5.10 Å². The second kappa shape index (κ2) is 9.20. The Balaban J connectivity index is 1.46. The minimum absolute atomic E-state index is 0.0336. The van der Waals surface area contributed by atoms with Crippen molar-refractivity contribution < 1.29 is 9.90 Å². The summed E-state index contributed by atoms with van der Waals surface area (Å²) in [5.74, 6) is 1.04. The molecule has 164 valence electrons. The van der Waals surface area contributed by atoms with E-state index in [0.29, 0.717) is 18.3 Å². The molecule has 4 rings (SSSR count). The molecule has 1 fully saturated rings. The van der Waals surface area contributed by atoms with Gasteiger partial charge in [0.2, 0.25) is 5.91 Å². The van der Waals surface area contributed by atoms with Gasteiger partial charge >= 0.3 is 0 Å². The molecule has 2 atom stereocenters. The van der Waals surface area contributed by atoms with Crippen LogP contribution >= 0.6 is 0 Å². The van der Waals surface area contributed by atoms with E-state index in [9.17, 15) is 9.90 Å².